The molecule has 4 rings (SSSR count). The molecule has 2 N–H and O–H groups in total. The van der Waals surface area contributed by atoms with Crippen LogP contribution in [0.15, 0.2) is 122 Å². The van der Waals surface area contributed by atoms with E-state index in [1.807, 2.05) is 0 Å². The summed E-state index contributed by atoms with van der Waals surface area (Å²) in [6.45, 7) is 8.26. The third-order valence-electron chi connectivity index (χ3n) is 5.44. The Labute approximate surface area is 236 Å². The summed E-state index contributed by atoms with van der Waals surface area (Å²) in [4.78, 5) is 46.8. The first-order chi connectivity index (χ1) is 19.6. The van der Waals surface area contributed by atoms with Gasteiger partial charge < -0.3 is 19.7 Å². The zero-order valence-corrected chi connectivity index (χ0v) is 22.1. The lowest BCUT2D eigenvalue weighted by atomic mass is 10.0. The van der Waals surface area contributed by atoms with Crippen molar-refractivity contribution in [1.82, 2.24) is 0 Å². The van der Waals surface area contributed by atoms with E-state index in [1.165, 1.54) is 43.3 Å². The molecule has 0 fully saturated rings. The van der Waals surface area contributed by atoms with Crippen molar-refractivity contribution in [2.75, 3.05) is 0 Å². The molecule has 0 unspecified atom stereocenters. The van der Waals surface area contributed by atoms with E-state index in [2.05, 4.69) is 13.2 Å². The molecule has 0 aromatic heterocycles. The molecule has 0 radical (unpaired) electrons. The minimum Gasteiger partial charge on any atom is -0.507 e. The molecule has 41 heavy (non-hydrogen) atoms. The van der Waals surface area contributed by atoms with E-state index in [0.29, 0.717) is 11.1 Å². The van der Waals surface area contributed by atoms with Crippen molar-refractivity contribution in [1.29, 1.82) is 0 Å². The number of carbonyl (C=O) groups is 4. The highest BCUT2D eigenvalue weighted by atomic mass is 16.5. The summed E-state index contributed by atoms with van der Waals surface area (Å²) in [6.07, 6.45) is 1.01. The fourth-order valence-corrected chi connectivity index (χ4v) is 3.38. The van der Waals surface area contributed by atoms with Gasteiger partial charge in [-0.15, -0.1) is 0 Å². The number of carbonyl (C=O) groups excluding carboxylic acids is 4. The molecule has 0 aliphatic carbocycles. The van der Waals surface area contributed by atoms with Gasteiger partial charge in [-0.25, -0.2) is 9.59 Å². The van der Waals surface area contributed by atoms with Gasteiger partial charge in [-0.3, -0.25) is 9.59 Å². The van der Waals surface area contributed by atoms with Gasteiger partial charge in [0.05, 0.1) is 11.1 Å². The van der Waals surface area contributed by atoms with Crippen molar-refractivity contribution in [3.63, 3.8) is 0 Å². The smallest absolute Gasteiger partial charge is 0.338 e. The largest absolute Gasteiger partial charge is 0.507 e. The van der Waals surface area contributed by atoms with Gasteiger partial charge in [0.15, 0.2) is 11.6 Å². The average molecular weight is 551 g/mol. The highest BCUT2D eigenvalue weighted by Gasteiger charge is 2.16. The van der Waals surface area contributed by atoms with Gasteiger partial charge in [0.25, 0.3) is 0 Å². The van der Waals surface area contributed by atoms with Gasteiger partial charge in [-0.05, 0) is 31.2 Å². The molecule has 0 heterocycles. The van der Waals surface area contributed by atoms with Crippen LogP contribution in [0.25, 0.3) is 0 Å². The first-order valence-electron chi connectivity index (χ1n) is 12.2. The van der Waals surface area contributed by atoms with E-state index in [9.17, 15) is 29.4 Å². The molecule has 8 nitrogen and oxygen atoms in total. The summed E-state index contributed by atoms with van der Waals surface area (Å²) in [5, 5.41) is 19.8. The van der Waals surface area contributed by atoms with E-state index < -0.39 is 11.9 Å². The van der Waals surface area contributed by atoms with Crippen LogP contribution in [0.3, 0.4) is 0 Å². The minimum absolute atomic E-state index is 0.148. The number of ether oxygens (including phenoxy) is 2. The molecule has 206 valence electrons. The monoisotopic (exact) mass is 550 g/mol. The maximum absolute atomic E-state index is 12.2. The predicted octanol–water partition coefficient (Wildman–Crippen LogP) is 5.82. The second-order valence-electron chi connectivity index (χ2n) is 8.54. The van der Waals surface area contributed by atoms with Crippen LogP contribution in [0.2, 0.25) is 0 Å². The zero-order valence-electron chi connectivity index (χ0n) is 22.1. The lowest BCUT2D eigenvalue weighted by Crippen LogP contribution is -2.08. The first kappa shape index (κ1) is 29.8. The number of esters is 2. The Kier molecular flexibility index (Phi) is 10.1. The molecule has 0 atom stereocenters. The molecular weight excluding hydrogens is 524 g/mol. The van der Waals surface area contributed by atoms with Crippen molar-refractivity contribution in [3.05, 3.63) is 144 Å². The van der Waals surface area contributed by atoms with Gasteiger partial charge in [0, 0.05) is 34.9 Å². The molecule has 4 aromatic rings. The Morgan fingerprint density at radius 2 is 1.07 bits per heavy atom. The standard InChI is InChI=1S/C17H14O4.C16H12O4/c1-11(2)17(20)21-13-8-9-14(15(18)10-13)16(19)12-6-4-3-5-7-12;1-2-15(18)20-12-8-9-13(14(17)10-12)16(19)11-6-4-3-5-7-11/h3-10,18H,1H2,2H3;2-10,17H,1H2. The van der Waals surface area contributed by atoms with E-state index in [-0.39, 0.29) is 51.3 Å². The maximum atomic E-state index is 12.2. The SMILES string of the molecule is C=C(C)C(=O)Oc1ccc(C(=O)c2ccccc2)c(O)c1.C=CC(=O)Oc1ccc(C(=O)c2ccccc2)c(O)c1. The fraction of sp³-hybridized carbons (Fsp3) is 0.0303. The van der Waals surface area contributed by atoms with Crippen molar-refractivity contribution in [2.45, 2.75) is 6.92 Å². The van der Waals surface area contributed by atoms with Crippen molar-refractivity contribution in [2.24, 2.45) is 0 Å². The van der Waals surface area contributed by atoms with Gasteiger partial charge in [0.2, 0.25) is 0 Å². The maximum Gasteiger partial charge on any atom is 0.338 e. The van der Waals surface area contributed by atoms with E-state index >= 15 is 0 Å². The van der Waals surface area contributed by atoms with Crippen LogP contribution in [0, 0.1) is 0 Å². The predicted molar refractivity (Wildman–Crippen MR) is 152 cm³/mol. The van der Waals surface area contributed by atoms with Crippen LogP contribution in [0.4, 0.5) is 0 Å². The quantitative estimate of drug-likeness (QED) is 0.122. The number of hydrogen-bond acceptors (Lipinski definition) is 8. The second kappa shape index (κ2) is 13.9. The van der Waals surface area contributed by atoms with Crippen LogP contribution >= 0.6 is 0 Å². The zero-order chi connectivity index (χ0) is 29.9. The summed E-state index contributed by atoms with van der Waals surface area (Å²) >= 11 is 0. The number of phenolic OH excluding ortho intramolecular Hbond substituents is 2. The molecule has 0 amide bonds. The van der Waals surface area contributed by atoms with Crippen LogP contribution < -0.4 is 9.47 Å². The van der Waals surface area contributed by atoms with E-state index in [1.54, 1.807) is 60.7 Å². The highest BCUT2D eigenvalue weighted by molar-refractivity contribution is 6.11. The van der Waals surface area contributed by atoms with Crippen molar-refractivity contribution < 1.29 is 38.9 Å². The molecular formula is C33H26O8. The number of ketones is 2. The Morgan fingerprint density at radius 1 is 0.659 bits per heavy atom. The van der Waals surface area contributed by atoms with Gasteiger partial charge in [-0.1, -0.05) is 73.8 Å². The van der Waals surface area contributed by atoms with Crippen molar-refractivity contribution in [3.8, 4) is 23.0 Å². The molecule has 0 aliphatic rings. The topological polar surface area (TPSA) is 127 Å². The molecule has 8 heteroatoms. The van der Waals surface area contributed by atoms with Crippen LogP contribution in [0.1, 0.15) is 38.8 Å². The summed E-state index contributed by atoms with van der Waals surface area (Å²) in [6, 6.07) is 25.4. The van der Waals surface area contributed by atoms with E-state index in [0.717, 1.165) is 6.08 Å². The van der Waals surface area contributed by atoms with Crippen LogP contribution in [-0.2, 0) is 9.59 Å². The summed E-state index contributed by atoms with van der Waals surface area (Å²) in [5.41, 5.74) is 1.49. The number of hydrogen-bond donors (Lipinski definition) is 2. The third-order valence-corrected chi connectivity index (χ3v) is 5.44. The summed E-state index contributed by atoms with van der Waals surface area (Å²) in [5.74, 6) is -2.00. The summed E-state index contributed by atoms with van der Waals surface area (Å²) < 4.78 is 9.84. The Morgan fingerprint density at radius 3 is 1.44 bits per heavy atom. The number of phenols is 2. The van der Waals surface area contributed by atoms with Gasteiger partial charge >= 0.3 is 11.9 Å². The fourth-order valence-electron chi connectivity index (χ4n) is 3.38. The Bertz CT molecular complexity index is 1610. The number of aromatic hydroxyl groups is 2. The molecule has 0 aliphatic heterocycles. The Hall–Kier alpha value is -5.76. The molecule has 0 saturated heterocycles. The minimum atomic E-state index is -0.633. The van der Waals surface area contributed by atoms with Gasteiger partial charge in [0.1, 0.15) is 23.0 Å². The Balaban J connectivity index is 0.000000226. The van der Waals surface area contributed by atoms with Crippen molar-refractivity contribution >= 4 is 23.5 Å². The lowest BCUT2D eigenvalue weighted by Gasteiger charge is -2.07. The lowest BCUT2D eigenvalue weighted by molar-refractivity contribution is -0.130. The molecule has 4 aromatic carbocycles. The van der Waals surface area contributed by atoms with Gasteiger partial charge in [-0.2, -0.15) is 0 Å². The third kappa shape index (κ3) is 8.11. The number of rotatable bonds is 8. The molecule has 0 bridgehead atoms. The second-order valence-corrected chi connectivity index (χ2v) is 8.54. The highest BCUT2D eigenvalue weighted by Crippen LogP contribution is 2.27. The molecule has 0 saturated carbocycles. The van der Waals surface area contributed by atoms with Crippen LogP contribution in [0.5, 0.6) is 23.0 Å². The summed E-state index contributed by atoms with van der Waals surface area (Å²) in [7, 11) is 0. The first-order valence-corrected chi connectivity index (χ1v) is 12.2. The average Bonchev–Trinajstić information content (AvgIpc) is 2.98. The van der Waals surface area contributed by atoms with E-state index in [4.69, 9.17) is 9.47 Å². The normalized spacial score (nSPS) is 9.88. The number of benzene rings is 4. The van der Waals surface area contributed by atoms with Crippen LogP contribution in [-0.4, -0.2) is 33.7 Å². The molecule has 0 spiro atoms.